The predicted octanol–water partition coefficient (Wildman–Crippen LogP) is 2.77. The first-order valence-corrected chi connectivity index (χ1v) is 8.78. The highest BCUT2D eigenvalue weighted by atomic mass is 35.5. The number of nitrogens with two attached hydrogens (primary N) is 1. The topological polar surface area (TPSA) is 85.1 Å². The Morgan fingerprint density at radius 3 is 2.71 bits per heavy atom. The molecule has 0 aliphatic rings. The Kier molecular flexibility index (Phi) is 5.10. The SMILES string of the molecule is CCNS(=O)(=O)c1ccc(N)c(Sc2ccc(Cl)cn2)c1. The zero-order chi connectivity index (χ0) is 15.5. The van der Waals surface area contributed by atoms with Crippen LogP contribution in [0.25, 0.3) is 0 Å². The number of rotatable bonds is 5. The van der Waals surface area contributed by atoms with E-state index in [0.29, 0.717) is 27.2 Å². The van der Waals surface area contributed by atoms with E-state index in [1.54, 1.807) is 25.1 Å². The molecule has 0 spiro atoms. The Bertz CT molecular complexity index is 734. The molecule has 1 heterocycles. The Balaban J connectivity index is 2.33. The van der Waals surface area contributed by atoms with Crippen LogP contribution < -0.4 is 10.5 Å². The first kappa shape index (κ1) is 16.1. The summed E-state index contributed by atoms with van der Waals surface area (Å²) in [6.07, 6.45) is 1.53. The van der Waals surface area contributed by atoms with Gasteiger partial charge in [0.15, 0.2) is 0 Å². The molecule has 8 heteroatoms. The minimum absolute atomic E-state index is 0.176. The minimum Gasteiger partial charge on any atom is -0.398 e. The highest BCUT2D eigenvalue weighted by Gasteiger charge is 2.15. The highest BCUT2D eigenvalue weighted by Crippen LogP contribution is 2.32. The summed E-state index contributed by atoms with van der Waals surface area (Å²) in [6, 6.07) is 8.05. The van der Waals surface area contributed by atoms with Gasteiger partial charge in [0.1, 0.15) is 5.03 Å². The molecule has 3 N–H and O–H groups in total. The number of hydrogen-bond acceptors (Lipinski definition) is 5. The summed E-state index contributed by atoms with van der Waals surface area (Å²) in [6.45, 7) is 2.05. The molecule has 2 aromatic rings. The van der Waals surface area contributed by atoms with Gasteiger partial charge in [-0.05, 0) is 30.3 Å². The maximum absolute atomic E-state index is 12.0. The van der Waals surface area contributed by atoms with Crippen LogP contribution in [0.3, 0.4) is 0 Å². The van der Waals surface area contributed by atoms with Gasteiger partial charge in [-0.3, -0.25) is 0 Å². The van der Waals surface area contributed by atoms with E-state index in [2.05, 4.69) is 9.71 Å². The second-order valence-corrected chi connectivity index (χ2v) is 7.38. The lowest BCUT2D eigenvalue weighted by Gasteiger charge is -2.09. The zero-order valence-corrected chi connectivity index (χ0v) is 13.6. The molecule has 0 aliphatic carbocycles. The molecule has 112 valence electrons. The van der Waals surface area contributed by atoms with Crippen LogP contribution in [0.15, 0.2) is 51.3 Å². The Labute approximate surface area is 133 Å². The fraction of sp³-hybridized carbons (Fsp3) is 0.154. The summed E-state index contributed by atoms with van der Waals surface area (Å²) >= 11 is 7.07. The number of aromatic nitrogens is 1. The molecule has 5 nitrogen and oxygen atoms in total. The molecule has 0 unspecified atom stereocenters. The fourth-order valence-electron chi connectivity index (χ4n) is 1.58. The van der Waals surface area contributed by atoms with Crippen molar-refractivity contribution in [2.45, 2.75) is 21.7 Å². The largest absolute Gasteiger partial charge is 0.398 e. The Hall–Kier alpha value is -1.28. The molecule has 0 fully saturated rings. The molecule has 0 bridgehead atoms. The molecule has 2 rings (SSSR count). The Morgan fingerprint density at radius 1 is 1.33 bits per heavy atom. The van der Waals surface area contributed by atoms with Gasteiger partial charge in [0.2, 0.25) is 10.0 Å². The maximum atomic E-state index is 12.0. The van der Waals surface area contributed by atoms with Crippen molar-refractivity contribution in [3.8, 4) is 0 Å². The van der Waals surface area contributed by atoms with Crippen LogP contribution in [0.2, 0.25) is 5.02 Å². The first-order valence-electron chi connectivity index (χ1n) is 6.11. The van der Waals surface area contributed by atoms with Crippen LogP contribution in [0.4, 0.5) is 5.69 Å². The third kappa shape index (κ3) is 4.10. The number of pyridine rings is 1. The van der Waals surface area contributed by atoms with Crippen LogP contribution in [0, 0.1) is 0 Å². The molecule has 0 saturated carbocycles. The molecule has 1 aromatic carbocycles. The van der Waals surface area contributed by atoms with Crippen molar-refractivity contribution >= 4 is 39.1 Å². The molecule has 21 heavy (non-hydrogen) atoms. The van der Waals surface area contributed by atoms with Crippen LogP contribution in [-0.2, 0) is 10.0 Å². The normalized spacial score (nSPS) is 11.5. The molecule has 0 saturated heterocycles. The zero-order valence-electron chi connectivity index (χ0n) is 11.2. The lowest BCUT2D eigenvalue weighted by atomic mass is 10.3. The molecule has 0 radical (unpaired) electrons. The third-order valence-electron chi connectivity index (χ3n) is 2.54. The lowest BCUT2D eigenvalue weighted by molar-refractivity contribution is 0.583. The van der Waals surface area contributed by atoms with E-state index in [1.807, 2.05) is 0 Å². The number of halogens is 1. The standard InChI is InChI=1S/C13H14ClN3O2S2/c1-2-17-21(18,19)10-4-5-11(15)12(7-10)20-13-6-3-9(14)8-16-13/h3-8,17H,2,15H2,1H3. The number of nitrogen functional groups attached to an aromatic ring is 1. The van der Waals surface area contributed by atoms with Crippen LogP contribution >= 0.6 is 23.4 Å². The van der Waals surface area contributed by atoms with Crippen molar-refractivity contribution in [2.75, 3.05) is 12.3 Å². The maximum Gasteiger partial charge on any atom is 0.240 e. The van der Waals surface area contributed by atoms with E-state index in [0.717, 1.165) is 0 Å². The van der Waals surface area contributed by atoms with Gasteiger partial charge in [-0.15, -0.1) is 0 Å². The molecule has 1 aromatic heterocycles. The average molecular weight is 344 g/mol. The third-order valence-corrected chi connectivity index (χ3v) is 5.34. The quantitative estimate of drug-likeness (QED) is 0.815. The lowest BCUT2D eigenvalue weighted by Crippen LogP contribution is -2.23. The second kappa shape index (κ2) is 6.65. The average Bonchev–Trinajstić information content (AvgIpc) is 2.43. The predicted molar refractivity (Wildman–Crippen MR) is 85.1 cm³/mol. The van der Waals surface area contributed by atoms with Crippen molar-refractivity contribution in [1.82, 2.24) is 9.71 Å². The van der Waals surface area contributed by atoms with Gasteiger partial charge in [-0.25, -0.2) is 18.1 Å². The summed E-state index contributed by atoms with van der Waals surface area (Å²) < 4.78 is 26.4. The van der Waals surface area contributed by atoms with E-state index >= 15 is 0 Å². The summed E-state index contributed by atoms with van der Waals surface area (Å²) in [5.74, 6) is 0. The monoisotopic (exact) mass is 343 g/mol. The van der Waals surface area contributed by atoms with Crippen LogP contribution in [-0.4, -0.2) is 19.9 Å². The molecule has 0 atom stereocenters. The van der Waals surface area contributed by atoms with E-state index < -0.39 is 10.0 Å². The smallest absolute Gasteiger partial charge is 0.240 e. The van der Waals surface area contributed by atoms with Gasteiger partial charge in [-0.1, -0.05) is 30.3 Å². The number of nitrogens with one attached hydrogen (secondary N) is 1. The number of nitrogens with zero attached hydrogens (tertiary/aromatic N) is 1. The number of sulfonamides is 1. The molecular formula is C13H14ClN3O2S2. The summed E-state index contributed by atoms with van der Waals surface area (Å²) in [7, 11) is -3.51. The van der Waals surface area contributed by atoms with E-state index in [-0.39, 0.29) is 4.90 Å². The molecular weight excluding hydrogens is 330 g/mol. The van der Waals surface area contributed by atoms with Gasteiger partial charge in [0, 0.05) is 23.3 Å². The summed E-state index contributed by atoms with van der Waals surface area (Å²) in [4.78, 5) is 4.96. The molecule has 0 amide bonds. The van der Waals surface area contributed by atoms with Crippen molar-refractivity contribution in [1.29, 1.82) is 0 Å². The highest BCUT2D eigenvalue weighted by molar-refractivity contribution is 7.99. The fourth-order valence-corrected chi connectivity index (χ4v) is 3.67. The van der Waals surface area contributed by atoms with Crippen molar-refractivity contribution in [3.63, 3.8) is 0 Å². The van der Waals surface area contributed by atoms with Gasteiger partial charge in [-0.2, -0.15) is 0 Å². The Morgan fingerprint density at radius 2 is 2.10 bits per heavy atom. The first-order chi connectivity index (χ1) is 9.92. The van der Waals surface area contributed by atoms with Gasteiger partial charge in [0.05, 0.1) is 9.92 Å². The van der Waals surface area contributed by atoms with Gasteiger partial charge >= 0.3 is 0 Å². The van der Waals surface area contributed by atoms with Crippen molar-refractivity contribution in [3.05, 3.63) is 41.6 Å². The molecule has 0 aliphatic heterocycles. The van der Waals surface area contributed by atoms with Gasteiger partial charge in [0.25, 0.3) is 0 Å². The minimum atomic E-state index is -3.51. The van der Waals surface area contributed by atoms with Crippen molar-refractivity contribution in [2.24, 2.45) is 0 Å². The summed E-state index contributed by atoms with van der Waals surface area (Å²) in [5, 5.41) is 1.22. The second-order valence-electron chi connectivity index (χ2n) is 4.12. The van der Waals surface area contributed by atoms with E-state index in [1.165, 1.54) is 30.1 Å². The number of benzene rings is 1. The van der Waals surface area contributed by atoms with Crippen LogP contribution in [0.1, 0.15) is 6.92 Å². The van der Waals surface area contributed by atoms with Crippen LogP contribution in [0.5, 0.6) is 0 Å². The van der Waals surface area contributed by atoms with E-state index in [4.69, 9.17) is 17.3 Å². The summed E-state index contributed by atoms with van der Waals surface area (Å²) in [5.41, 5.74) is 6.39. The number of anilines is 1. The van der Waals surface area contributed by atoms with E-state index in [9.17, 15) is 8.42 Å². The van der Waals surface area contributed by atoms with Gasteiger partial charge < -0.3 is 5.73 Å². The number of hydrogen-bond donors (Lipinski definition) is 2. The van der Waals surface area contributed by atoms with Crippen molar-refractivity contribution < 1.29 is 8.42 Å².